The van der Waals surface area contributed by atoms with E-state index in [0.29, 0.717) is 0 Å². The van der Waals surface area contributed by atoms with Crippen molar-refractivity contribution < 1.29 is 4.79 Å². The molecule has 2 aromatic carbocycles. The van der Waals surface area contributed by atoms with E-state index in [-0.39, 0.29) is 17.2 Å². The summed E-state index contributed by atoms with van der Waals surface area (Å²) in [6.07, 6.45) is 3.38. The molecule has 0 spiro atoms. The molecule has 2 atom stereocenters. The summed E-state index contributed by atoms with van der Waals surface area (Å²) in [5.74, 6) is 1.10. The van der Waals surface area contributed by atoms with E-state index in [1.807, 2.05) is 55.5 Å². The summed E-state index contributed by atoms with van der Waals surface area (Å²) in [7, 11) is 0. The van der Waals surface area contributed by atoms with Gasteiger partial charge in [-0.3, -0.25) is 4.79 Å². The van der Waals surface area contributed by atoms with E-state index in [9.17, 15) is 4.79 Å². The minimum absolute atomic E-state index is 0.0468. The van der Waals surface area contributed by atoms with Gasteiger partial charge >= 0.3 is 0 Å². The normalized spacial score (nSPS) is 23.7. The first-order valence-corrected chi connectivity index (χ1v) is 10.6. The molecule has 5 nitrogen and oxygen atoms in total. The Morgan fingerprint density at radius 3 is 2.66 bits per heavy atom. The van der Waals surface area contributed by atoms with E-state index in [1.165, 1.54) is 0 Å². The summed E-state index contributed by atoms with van der Waals surface area (Å²) in [5.41, 5.74) is 4.91. The van der Waals surface area contributed by atoms with Gasteiger partial charge in [-0.2, -0.15) is 5.10 Å². The number of para-hydroxylation sites is 2. The molecule has 1 aliphatic rings. The molecule has 1 amide bonds. The van der Waals surface area contributed by atoms with Gasteiger partial charge in [-0.05, 0) is 48.1 Å². The van der Waals surface area contributed by atoms with Gasteiger partial charge < -0.3 is 4.98 Å². The maximum absolute atomic E-state index is 13.1. The smallest absolute Gasteiger partial charge is 0.246 e. The Hall–Kier alpha value is -2.47. The predicted molar refractivity (Wildman–Crippen MR) is 120 cm³/mol. The van der Waals surface area contributed by atoms with Crippen molar-refractivity contribution in [3.05, 3.63) is 64.4 Å². The van der Waals surface area contributed by atoms with Crippen LogP contribution in [-0.2, 0) is 4.79 Å². The number of hydrazone groups is 1. The second-order valence-corrected chi connectivity index (χ2v) is 9.45. The highest BCUT2D eigenvalue weighted by Crippen LogP contribution is 2.59. The highest BCUT2D eigenvalue weighted by molar-refractivity contribution is 9.10. The number of rotatable bonds is 4. The number of carbonyl (C=O) groups is 1. The lowest BCUT2D eigenvalue weighted by Crippen LogP contribution is -2.45. The van der Waals surface area contributed by atoms with Crippen LogP contribution in [0.25, 0.3) is 11.0 Å². The molecule has 29 heavy (non-hydrogen) atoms. The Morgan fingerprint density at radius 1 is 1.21 bits per heavy atom. The molecule has 0 aliphatic heterocycles. The van der Waals surface area contributed by atoms with Gasteiger partial charge in [0.15, 0.2) is 0 Å². The van der Waals surface area contributed by atoms with Gasteiger partial charge in [0, 0.05) is 10.4 Å². The summed E-state index contributed by atoms with van der Waals surface area (Å²) in [5, 5.41) is 4.20. The highest BCUT2D eigenvalue weighted by Gasteiger charge is 2.57. The van der Waals surface area contributed by atoms with Gasteiger partial charge in [-0.25, -0.2) is 10.4 Å². The number of aromatic amines is 1. The van der Waals surface area contributed by atoms with Gasteiger partial charge in [0.2, 0.25) is 5.91 Å². The van der Waals surface area contributed by atoms with Crippen molar-refractivity contribution in [3.63, 3.8) is 0 Å². The molecule has 0 unspecified atom stereocenters. The van der Waals surface area contributed by atoms with Crippen LogP contribution in [0.15, 0.2) is 58.1 Å². The van der Waals surface area contributed by atoms with E-state index in [0.717, 1.165) is 39.7 Å². The molecule has 150 valence electrons. The molecule has 1 aliphatic carbocycles. The first kappa shape index (κ1) is 19.8. The van der Waals surface area contributed by atoms with Crippen molar-refractivity contribution in [2.75, 3.05) is 0 Å². The molecule has 1 fully saturated rings. The average molecular weight is 453 g/mol. The molecule has 6 heteroatoms. The van der Waals surface area contributed by atoms with Crippen molar-refractivity contribution in [2.45, 2.75) is 39.5 Å². The van der Waals surface area contributed by atoms with Gasteiger partial charge in [0.05, 0.1) is 22.7 Å². The third kappa shape index (κ3) is 3.50. The topological polar surface area (TPSA) is 70.1 Å². The van der Waals surface area contributed by atoms with Gasteiger partial charge in [-0.1, -0.05) is 61.0 Å². The summed E-state index contributed by atoms with van der Waals surface area (Å²) in [6.45, 7) is 6.37. The predicted octanol–water partition coefficient (Wildman–Crippen LogP) is 5.39. The lowest BCUT2D eigenvalue weighted by atomic mass is 9.65. The number of carbonyl (C=O) groups excluding carboxylic acids is 1. The van der Waals surface area contributed by atoms with Crippen molar-refractivity contribution in [2.24, 2.45) is 15.9 Å². The molecular formula is C23H25BrN4O. The maximum Gasteiger partial charge on any atom is 0.246 e. The lowest BCUT2D eigenvalue weighted by molar-refractivity contribution is -0.135. The van der Waals surface area contributed by atoms with Crippen LogP contribution in [0.1, 0.15) is 50.9 Å². The van der Waals surface area contributed by atoms with E-state index < -0.39 is 5.41 Å². The van der Waals surface area contributed by atoms with Crippen LogP contribution in [0, 0.1) is 10.8 Å². The van der Waals surface area contributed by atoms with E-state index in [2.05, 4.69) is 45.3 Å². The lowest BCUT2D eigenvalue weighted by Gasteiger charge is -2.39. The first-order valence-electron chi connectivity index (χ1n) is 9.85. The van der Waals surface area contributed by atoms with Crippen LogP contribution in [0.5, 0.6) is 0 Å². The van der Waals surface area contributed by atoms with Crippen LogP contribution in [0.2, 0.25) is 0 Å². The van der Waals surface area contributed by atoms with Gasteiger partial charge in [-0.15, -0.1) is 0 Å². The second-order valence-electron chi connectivity index (χ2n) is 8.53. The Kier molecular flexibility index (Phi) is 5.07. The second kappa shape index (κ2) is 7.41. The summed E-state index contributed by atoms with van der Waals surface area (Å²) in [6, 6.07) is 15.8. The Bertz CT molecular complexity index is 1040. The monoisotopic (exact) mass is 452 g/mol. The van der Waals surface area contributed by atoms with Crippen molar-refractivity contribution in [1.29, 1.82) is 0 Å². The minimum Gasteiger partial charge on any atom is -0.342 e. The average Bonchev–Trinajstić information content (AvgIpc) is 3.22. The Balaban J connectivity index is 1.52. The maximum atomic E-state index is 13.1. The van der Waals surface area contributed by atoms with E-state index >= 15 is 0 Å². The van der Waals surface area contributed by atoms with Crippen LogP contribution < -0.4 is 5.43 Å². The zero-order valence-corrected chi connectivity index (χ0v) is 18.5. The van der Waals surface area contributed by atoms with Gasteiger partial charge in [0.1, 0.15) is 5.82 Å². The first-order chi connectivity index (χ1) is 13.8. The number of hydrogen-bond donors (Lipinski definition) is 2. The van der Waals surface area contributed by atoms with Crippen LogP contribution in [-0.4, -0.2) is 22.1 Å². The fourth-order valence-electron chi connectivity index (χ4n) is 4.36. The number of aromatic nitrogens is 2. The number of hydrogen-bond acceptors (Lipinski definition) is 3. The summed E-state index contributed by atoms with van der Waals surface area (Å²) in [4.78, 5) is 21.4. The van der Waals surface area contributed by atoms with E-state index in [4.69, 9.17) is 4.98 Å². The molecule has 1 saturated carbocycles. The van der Waals surface area contributed by atoms with Crippen LogP contribution in [0.4, 0.5) is 0 Å². The standard InChI is InChI=1S/C23H25BrN4O/c1-22(2)17(20-26-18-6-4-5-7-19(18)27-20)12-13-23(22,3)21(29)28-25-14-15-8-10-16(24)11-9-15/h4-11,14,17H,12-13H2,1-3H3,(H,26,27)(H,28,29)/b25-14-/t17-,23+/m1/s1. The fraction of sp³-hybridized carbons (Fsp3) is 0.348. The zero-order chi connectivity index (χ0) is 20.6. The Morgan fingerprint density at radius 2 is 1.93 bits per heavy atom. The third-order valence-corrected chi connectivity index (χ3v) is 7.24. The van der Waals surface area contributed by atoms with Crippen LogP contribution in [0.3, 0.4) is 0 Å². The molecule has 4 rings (SSSR count). The van der Waals surface area contributed by atoms with Crippen molar-refractivity contribution >= 4 is 39.1 Å². The molecule has 1 heterocycles. The number of halogens is 1. The number of nitrogens with zero attached hydrogens (tertiary/aromatic N) is 2. The molecular weight excluding hydrogens is 428 g/mol. The molecule has 0 radical (unpaired) electrons. The fourth-order valence-corrected chi connectivity index (χ4v) is 4.62. The van der Waals surface area contributed by atoms with E-state index in [1.54, 1.807) is 6.21 Å². The quantitative estimate of drug-likeness (QED) is 0.411. The molecule has 1 aromatic heterocycles. The highest BCUT2D eigenvalue weighted by atomic mass is 79.9. The third-order valence-electron chi connectivity index (χ3n) is 6.71. The number of amides is 1. The SMILES string of the molecule is CC1(C)[C@@H](c2nc3ccccc3[nH]2)CC[C@@]1(C)C(=O)N/N=C\c1ccc(Br)cc1. The number of fused-ring (bicyclic) bond motifs is 1. The van der Waals surface area contributed by atoms with Crippen LogP contribution >= 0.6 is 15.9 Å². The largest absolute Gasteiger partial charge is 0.342 e. The minimum atomic E-state index is -0.534. The molecule has 0 saturated heterocycles. The molecule has 0 bridgehead atoms. The summed E-state index contributed by atoms with van der Waals surface area (Å²) >= 11 is 3.42. The number of nitrogens with one attached hydrogen (secondary N) is 2. The summed E-state index contributed by atoms with van der Waals surface area (Å²) < 4.78 is 1.01. The molecule has 3 aromatic rings. The number of benzene rings is 2. The molecule has 2 N–H and O–H groups in total. The zero-order valence-electron chi connectivity index (χ0n) is 16.9. The van der Waals surface area contributed by atoms with Gasteiger partial charge in [0.25, 0.3) is 0 Å². The number of imidazole rings is 1. The van der Waals surface area contributed by atoms with Crippen molar-refractivity contribution in [3.8, 4) is 0 Å². The van der Waals surface area contributed by atoms with Crippen molar-refractivity contribution in [1.82, 2.24) is 15.4 Å². The number of H-pyrrole nitrogens is 1. The Labute approximate surface area is 179 Å².